The van der Waals surface area contributed by atoms with E-state index in [-0.39, 0.29) is 42.0 Å². The van der Waals surface area contributed by atoms with Crippen LogP contribution in [0.1, 0.15) is 43.6 Å². The molecule has 2 aromatic carbocycles. The van der Waals surface area contributed by atoms with Crippen LogP contribution >= 0.6 is 0 Å². The fourth-order valence-corrected chi connectivity index (χ4v) is 6.44. The summed E-state index contributed by atoms with van der Waals surface area (Å²) < 4.78 is 40.6. The average Bonchev–Trinajstić information content (AvgIpc) is 3.64. The second-order valence-corrected chi connectivity index (χ2v) is 11.2. The number of hydrogen-bond donors (Lipinski definition) is 1. The number of benzene rings is 2. The minimum absolute atomic E-state index is 0.0871. The van der Waals surface area contributed by atoms with E-state index in [1.54, 1.807) is 19.1 Å². The zero-order valence-corrected chi connectivity index (χ0v) is 24.9. The first kappa shape index (κ1) is 29.3. The summed E-state index contributed by atoms with van der Waals surface area (Å²) in [5, 5.41) is 12.3. The highest BCUT2D eigenvalue weighted by Crippen LogP contribution is 2.62. The Morgan fingerprint density at radius 2 is 1.80 bits per heavy atom. The molecule has 4 aliphatic rings. The second-order valence-electron chi connectivity index (χ2n) is 11.2. The summed E-state index contributed by atoms with van der Waals surface area (Å²) in [4.78, 5) is 40.5. The number of allylic oxidation sites excluding steroid dienone is 2. The molecule has 0 saturated heterocycles. The molecule has 2 aliphatic carbocycles. The van der Waals surface area contributed by atoms with Crippen molar-refractivity contribution in [3.8, 4) is 17.2 Å². The molecular formula is C33H32O11. The topological polar surface area (TPSA) is 136 Å². The SMILES string of the molecule is COC1=C(OC)C(=O)[C@]23COc4c5c(cc(c42)[C@H](OC(=O)/C=C/c2ccccc2)[C@H](C)[C@](C)(O)[C@@H](OC(C)=O)C3=C1)OCO5. The number of fused-ring (bicyclic) bond motifs is 2. The monoisotopic (exact) mass is 604 g/mol. The molecule has 0 unspecified atom stereocenters. The molecule has 0 amide bonds. The fraction of sp³-hybridized carbons (Fsp3) is 0.364. The zero-order valence-electron chi connectivity index (χ0n) is 24.9. The molecule has 0 bridgehead atoms. The summed E-state index contributed by atoms with van der Waals surface area (Å²) >= 11 is 0. The number of methoxy groups -OCH3 is 2. The highest BCUT2D eigenvalue weighted by molar-refractivity contribution is 6.09. The van der Waals surface area contributed by atoms with Gasteiger partial charge in [0, 0.05) is 30.0 Å². The first-order chi connectivity index (χ1) is 21.0. The van der Waals surface area contributed by atoms with E-state index in [9.17, 15) is 19.5 Å². The number of carbonyl (C=O) groups is 3. The first-order valence-corrected chi connectivity index (χ1v) is 14.1. The quantitative estimate of drug-likeness (QED) is 0.382. The van der Waals surface area contributed by atoms with Gasteiger partial charge in [-0.05, 0) is 36.3 Å². The molecule has 44 heavy (non-hydrogen) atoms. The number of aliphatic hydroxyl groups is 1. The molecule has 2 aliphatic heterocycles. The van der Waals surface area contributed by atoms with Gasteiger partial charge in [0.1, 0.15) is 23.7 Å². The molecule has 6 rings (SSSR count). The van der Waals surface area contributed by atoms with Crippen LogP contribution in [0.4, 0.5) is 0 Å². The average molecular weight is 605 g/mol. The van der Waals surface area contributed by atoms with Crippen LogP contribution in [0, 0.1) is 5.92 Å². The maximum atomic E-state index is 14.6. The van der Waals surface area contributed by atoms with Crippen LogP contribution in [-0.2, 0) is 38.7 Å². The molecule has 11 heteroatoms. The highest BCUT2D eigenvalue weighted by Gasteiger charge is 2.64. The lowest BCUT2D eigenvalue weighted by atomic mass is 9.59. The van der Waals surface area contributed by atoms with Gasteiger partial charge in [-0.1, -0.05) is 37.3 Å². The zero-order chi connectivity index (χ0) is 31.4. The Hall–Kier alpha value is -4.77. The molecule has 5 atom stereocenters. The van der Waals surface area contributed by atoms with Crippen LogP contribution in [0.2, 0.25) is 0 Å². The van der Waals surface area contributed by atoms with Crippen molar-refractivity contribution in [2.24, 2.45) is 5.92 Å². The van der Waals surface area contributed by atoms with Gasteiger partial charge in [-0.25, -0.2) is 4.79 Å². The Balaban J connectivity index is 1.61. The van der Waals surface area contributed by atoms with Gasteiger partial charge in [0.2, 0.25) is 24.1 Å². The largest absolute Gasteiger partial charge is 0.493 e. The maximum Gasteiger partial charge on any atom is 0.331 e. The van der Waals surface area contributed by atoms with Gasteiger partial charge in [0.05, 0.1) is 14.2 Å². The number of hydrogen-bond acceptors (Lipinski definition) is 11. The number of ketones is 1. The van der Waals surface area contributed by atoms with E-state index in [1.807, 2.05) is 30.3 Å². The Kier molecular flexibility index (Phi) is 7.16. The third kappa shape index (κ3) is 4.33. The van der Waals surface area contributed by atoms with Crippen LogP contribution in [0.25, 0.3) is 6.08 Å². The van der Waals surface area contributed by atoms with Crippen LogP contribution in [-0.4, -0.2) is 62.2 Å². The van der Waals surface area contributed by atoms with Crippen molar-refractivity contribution in [3.63, 3.8) is 0 Å². The van der Waals surface area contributed by atoms with Crippen molar-refractivity contribution in [1.29, 1.82) is 0 Å². The lowest BCUT2D eigenvalue weighted by Crippen LogP contribution is -2.58. The van der Waals surface area contributed by atoms with E-state index in [0.717, 1.165) is 5.56 Å². The molecule has 11 nitrogen and oxygen atoms in total. The Morgan fingerprint density at radius 3 is 2.48 bits per heavy atom. The Bertz CT molecular complexity index is 1630. The van der Waals surface area contributed by atoms with E-state index in [2.05, 4.69) is 0 Å². The minimum Gasteiger partial charge on any atom is -0.493 e. The second kappa shape index (κ2) is 10.7. The van der Waals surface area contributed by atoms with Crippen molar-refractivity contribution in [1.82, 2.24) is 0 Å². The Labute approximate surface area is 253 Å². The number of esters is 2. The lowest BCUT2D eigenvalue weighted by Gasteiger charge is -2.48. The van der Waals surface area contributed by atoms with Gasteiger partial charge in [0.25, 0.3) is 0 Å². The first-order valence-electron chi connectivity index (χ1n) is 14.1. The summed E-state index contributed by atoms with van der Waals surface area (Å²) in [5.41, 5.74) is -1.85. The van der Waals surface area contributed by atoms with Crippen LogP contribution < -0.4 is 14.2 Å². The van der Waals surface area contributed by atoms with Crippen LogP contribution in [0.15, 0.2) is 65.6 Å². The van der Waals surface area contributed by atoms with E-state index in [1.165, 1.54) is 40.2 Å². The normalized spacial score (nSPS) is 28.3. The smallest absolute Gasteiger partial charge is 0.331 e. The number of rotatable bonds is 6. The highest BCUT2D eigenvalue weighted by atomic mass is 16.7. The van der Waals surface area contributed by atoms with Crippen molar-refractivity contribution in [2.45, 2.75) is 44.0 Å². The summed E-state index contributed by atoms with van der Waals surface area (Å²) in [6.07, 6.45) is 1.88. The molecule has 1 spiro atoms. The lowest BCUT2D eigenvalue weighted by molar-refractivity contribution is -0.178. The minimum atomic E-state index is -1.89. The Morgan fingerprint density at radius 1 is 1.05 bits per heavy atom. The number of Topliss-reactive ketones (excluding diaryl/α,β-unsaturated/α-hetero) is 1. The molecule has 0 fully saturated rings. The summed E-state index contributed by atoms with van der Waals surface area (Å²) in [7, 11) is 2.72. The van der Waals surface area contributed by atoms with Crippen molar-refractivity contribution >= 4 is 23.8 Å². The van der Waals surface area contributed by atoms with Crippen LogP contribution in [0.5, 0.6) is 17.2 Å². The van der Waals surface area contributed by atoms with E-state index < -0.39 is 46.9 Å². The van der Waals surface area contributed by atoms with Crippen LogP contribution in [0.3, 0.4) is 0 Å². The maximum absolute atomic E-state index is 14.6. The van der Waals surface area contributed by atoms with Gasteiger partial charge in [-0.3, -0.25) is 9.59 Å². The van der Waals surface area contributed by atoms with Gasteiger partial charge in [-0.2, -0.15) is 0 Å². The summed E-state index contributed by atoms with van der Waals surface area (Å²) in [5.74, 6) is -2.02. The van der Waals surface area contributed by atoms with Crippen molar-refractivity contribution in [3.05, 3.63) is 82.3 Å². The molecule has 1 N–H and O–H groups in total. The van der Waals surface area contributed by atoms with Gasteiger partial charge < -0.3 is 38.3 Å². The third-order valence-corrected chi connectivity index (χ3v) is 8.77. The van der Waals surface area contributed by atoms with Crippen molar-refractivity contribution < 1.29 is 52.6 Å². The fourth-order valence-electron chi connectivity index (χ4n) is 6.44. The molecule has 0 saturated carbocycles. The van der Waals surface area contributed by atoms with E-state index in [4.69, 9.17) is 33.2 Å². The van der Waals surface area contributed by atoms with Gasteiger partial charge in [0.15, 0.2) is 23.4 Å². The number of carbonyl (C=O) groups excluding carboxylic acids is 3. The van der Waals surface area contributed by atoms with Gasteiger partial charge in [-0.15, -0.1) is 0 Å². The number of ether oxygens (including phenoxy) is 7. The molecular weight excluding hydrogens is 572 g/mol. The predicted octanol–water partition coefficient (Wildman–Crippen LogP) is 3.69. The summed E-state index contributed by atoms with van der Waals surface area (Å²) in [6, 6.07) is 10.9. The predicted molar refractivity (Wildman–Crippen MR) is 154 cm³/mol. The molecule has 230 valence electrons. The van der Waals surface area contributed by atoms with Crippen molar-refractivity contribution in [2.75, 3.05) is 27.6 Å². The molecule has 2 aromatic rings. The third-order valence-electron chi connectivity index (χ3n) is 8.77. The summed E-state index contributed by atoms with van der Waals surface area (Å²) in [6.45, 7) is 4.01. The molecule has 2 heterocycles. The van der Waals surface area contributed by atoms with E-state index >= 15 is 0 Å². The molecule has 0 radical (unpaired) electrons. The van der Waals surface area contributed by atoms with Gasteiger partial charge >= 0.3 is 11.9 Å². The van der Waals surface area contributed by atoms with E-state index in [0.29, 0.717) is 16.9 Å². The standard InChI is InChI=1S/C33H32O11/c1-17-26(44-24(35)12-11-19-9-7-6-8-10-19)20-13-23-27(42-16-41-23)29-25(20)33(15-40-29)21(31(32(17,3)37)43-18(2)34)14-22(38-4)28(39-5)30(33)36/h6-14,17,26,31,37H,15-16H2,1-5H3/b12-11+/t17-,26+,31-,32-,33-/m0/s1. The molecule has 0 aromatic heterocycles.